The quantitative estimate of drug-likeness (QED) is 0.930. The molecule has 1 amide bonds. The molecule has 3 heterocycles. The smallest absolute Gasteiger partial charge is 0.407 e. The molecule has 0 spiro atoms. The van der Waals surface area contributed by atoms with Crippen LogP contribution < -0.4 is 5.32 Å². The first-order valence-corrected chi connectivity index (χ1v) is 8.66. The van der Waals surface area contributed by atoms with Crippen molar-refractivity contribution >= 4 is 11.7 Å². The van der Waals surface area contributed by atoms with E-state index in [4.69, 9.17) is 4.74 Å². The lowest BCUT2D eigenvalue weighted by Crippen LogP contribution is -2.37. The van der Waals surface area contributed by atoms with E-state index in [9.17, 15) is 4.79 Å². The van der Waals surface area contributed by atoms with Crippen LogP contribution in [0.1, 0.15) is 17.5 Å². The standard InChI is InChI=1S/C19H22N4O2/c1-14-4-2-3-5-18(14)23-12-16(10-21-23)15-6-8-22(9-7-15)13-17-11-20-19(24)25-17/h2-6,10,12,17H,7-9,11,13H2,1H3,(H,20,24)/t17-/m1/s1. The minimum atomic E-state index is -0.304. The Morgan fingerprint density at radius 2 is 2.24 bits per heavy atom. The maximum Gasteiger partial charge on any atom is 0.407 e. The van der Waals surface area contributed by atoms with Gasteiger partial charge >= 0.3 is 6.09 Å². The number of nitrogens with one attached hydrogen (secondary N) is 1. The van der Waals surface area contributed by atoms with Crippen molar-refractivity contribution < 1.29 is 9.53 Å². The molecule has 2 aliphatic rings. The van der Waals surface area contributed by atoms with Gasteiger partial charge in [-0.05, 0) is 30.5 Å². The van der Waals surface area contributed by atoms with Crippen LogP contribution in [0, 0.1) is 6.92 Å². The molecule has 4 rings (SSSR count). The van der Waals surface area contributed by atoms with E-state index in [2.05, 4.69) is 46.6 Å². The van der Waals surface area contributed by atoms with Gasteiger partial charge in [0.05, 0.1) is 18.4 Å². The van der Waals surface area contributed by atoms with Gasteiger partial charge in [-0.1, -0.05) is 24.3 Å². The second-order valence-electron chi connectivity index (χ2n) is 6.61. The lowest BCUT2D eigenvalue weighted by Gasteiger charge is -2.27. The average molecular weight is 338 g/mol. The van der Waals surface area contributed by atoms with Gasteiger partial charge in [-0.25, -0.2) is 9.48 Å². The van der Waals surface area contributed by atoms with Gasteiger partial charge in [-0.15, -0.1) is 0 Å². The zero-order valence-electron chi connectivity index (χ0n) is 14.3. The monoisotopic (exact) mass is 338 g/mol. The summed E-state index contributed by atoms with van der Waals surface area (Å²) < 4.78 is 7.16. The van der Waals surface area contributed by atoms with Crippen LogP contribution in [0.2, 0.25) is 0 Å². The van der Waals surface area contributed by atoms with E-state index in [0.29, 0.717) is 6.54 Å². The number of hydrogen-bond acceptors (Lipinski definition) is 4. The van der Waals surface area contributed by atoms with Crippen LogP contribution in [0.5, 0.6) is 0 Å². The van der Waals surface area contributed by atoms with Gasteiger partial charge in [0.1, 0.15) is 6.10 Å². The van der Waals surface area contributed by atoms with Gasteiger partial charge in [0.15, 0.2) is 0 Å². The second kappa shape index (κ2) is 6.72. The van der Waals surface area contributed by atoms with Crippen LogP contribution in [0.25, 0.3) is 11.3 Å². The van der Waals surface area contributed by atoms with Crippen LogP contribution in [-0.2, 0) is 4.74 Å². The Bertz CT molecular complexity index is 811. The third-order valence-electron chi connectivity index (χ3n) is 4.82. The number of rotatable bonds is 4. The first-order valence-electron chi connectivity index (χ1n) is 8.66. The number of para-hydroxylation sites is 1. The average Bonchev–Trinajstić information content (AvgIpc) is 3.25. The van der Waals surface area contributed by atoms with E-state index in [0.717, 1.165) is 31.7 Å². The fourth-order valence-electron chi connectivity index (χ4n) is 3.40. The largest absolute Gasteiger partial charge is 0.443 e. The van der Waals surface area contributed by atoms with E-state index < -0.39 is 0 Å². The maximum absolute atomic E-state index is 11.1. The van der Waals surface area contributed by atoms with Crippen molar-refractivity contribution in [2.75, 3.05) is 26.2 Å². The fraction of sp³-hybridized carbons (Fsp3) is 0.368. The second-order valence-corrected chi connectivity index (χ2v) is 6.61. The van der Waals surface area contributed by atoms with Gasteiger partial charge in [0.25, 0.3) is 0 Å². The summed E-state index contributed by atoms with van der Waals surface area (Å²) in [7, 11) is 0. The number of nitrogens with zero attached hydrogens (tertiary/aromatic N) is 3. The minimum absolute atomic E-state index is 0.0359. The molecule has 2 aromatic rings. The number of aryl methyl sites for hydroxylation is 1. The van der Waals surface area contributed by atoms with Gasteiger partial charge in [0, 0.05) is 31.4 Å². The van der Waals surface area contributed by atoms with E-state index >= 15 is 0 Å². The van der Waals surface area contributed by atoms with Crippen LogP contribution >= 0.6 is 0 Å². The molecule has 0 bridgehead atoms. The molecule has 0 radical (unpaired) electrons. The molecular weight excluding hydrogens is 316 g/mol. The highest BCUT2D eigenvalue weighted by Crippen LogP contribution is 2.24. The van der Waals surface area contributed by atoms with Gasteiger partial charge in [0.2, 0.25) is 0 Å². The molecule has 6 heteroatoms. The number of carbonyl (C=O) groups excluding carboxylic acids is 1. The lowest BCUT2D eigenvalue weighted by atomic mass is 10.0. The number of benzene rings is 1. The highest BCUT2D eigenvalue weighted by Gasteiger charge is 2.25. The maximum atomic E-state index is 11.1. The van der Waals surface area contributed by atoms with Crippen molar-refractivity contribution in [3.8, 4) is 5.69 Å². The third kappa shape index (κ3) is 3.44. The number of carbonyl (C=O) groups is 1. The Labute approximate surface area is 147 Å². The highest BCUT2D eigenvalue weighted by molar-refractivity contribution is 5.69. The molecule has 25 heavy (non-hydrogen) atoms. The number of cyclic esters (lactones) is 1. The lowest BCUT2D eigenvalue weighted by molar-refractivity contribution is 0.112. The molecule has 6 nitrogen and oxygen atoms in total. The van der Waals surface area contributed by atoms with Crippen LogP contribution in [0.15, 0.2) is 42.7 Å². The summed E-state index contributed by atoms with van der Waals surface area (Å²) in [6, 6.07) is 8.25. The minimum Gasteiger partial charge on any atom is -0.443 e. The first-order chi connectivity index (χ1) is 12.2. The summed E-state index contributed by atoms with van der Waals surface area (Å²) in [5.74, 6) is 0. The molecule has 1 atom stereocenters. The number of amides is 1. The highest BCUT2D eigenvalue weighted by atomic mass is 16.6. The zero-order chi connectivity index (χ0) is 17.2. The predicted molar refractivity (Wildman–Crippen MR) is 95.6 cm³/mol. The summed E-state index contributed by atoms with van der Waals surface area (Å²) in [5, 5.41) is 7.23. The molecule has 0 aliphatic carbocycles. The van der Waals surface area contributed by atoms with E-state index in [1.165, 1.54) is 16.7 Å². The summed E-state index contributed by atoms with van der Waals surface area (Å²) in [6.45, 7) is 5.33. The van der Waals surface area contributed by atoms with Gasteiger partial charge < -0.3 is 10.1 Å². The molecule has 1 aromatic carbocycles. The van der Waals surface area contributed by atoms with E-state index in [1.54, 1.807) is 0 Å². The van der Waals surface area contributed by atoms with Crippen LogP contribution in [0.3, 0.4) is 0 Å². The normalized spacial score (nSPS) is 20.9. The number of hydrogen-bond donors (Lipinski definition) is 1. The Morgan fingerprint density at radius 3 is 2.96 bits per heavy atom. The third-order valence-corrected chi connectivity index (χ3v) is 4.82. The number of aromatic nitrogens is 2. The summed E-state index contributed by atoms with van der Waals surface area (Å²) >= 11 is 0. The Hall–Kier alpha value is -2.60. The SMILES string of the molecule is Cc1ccccc1-n1cc(C2=CCN(C[C@H]3CNC(=O)O3)CC2)cn1. The molecule has 0 unspecified atom stereocenters. The first kappa shape index (κ1) is 15.9. The van der Waals surface area contributed by atoms with Gasteiger partial charge in [-0.2, -0.15) is 5.10 Å². The van der Waals surface area contributed by atoms with Crippen molar-refractivity contribution in [3.05, 3.63) is 53.9 Å². The van der Waals surface area contributed by atoms with Crippen molar-refractivity contribution in [3.63, 3.8) is 0 Å². The van der Waals surface area contributed by atoms with Crippen molar-refractivity contribution in [2.45, 2.75) is 19.4 Å². The zero-order valence-corrected chi connectivity index (χ0v) is 14.3. The number of alkyl carbamates (subject to hydrolysis) is 1. The molecule has 130 valence electrons. The van der Waals surface area contributed by atoms with E-state index in [1.807, 2.05) is 23.0 Å². The molecule has 1 fully saturated rings. The predicted octanol–water partition coefficient (Wildman–Crippen LogP) is 2.38. The molecule has 2 aliphatic heterocycles. The Kier molecular flexibility index (Phi) is 4.28. The summed E-state index contributed by atoms with van der Waals surface area (Å²) in [6.07, 6.45) is 6.94. The number of ether oxygens (including phenoxy) is 1. The van der Waals surface area contributed by atoms with E-state index in [-0.39, 0.29) is 12.2 Å². The summed E-state index contributed by atoms with van der Waals surface area (Å²) in [5.41, 5.74) is 4.83. The van der Waals surface area contributed by atoms with Crippen molar-refractivity contribution in [1.82, 2.24) is 20.0 Å². The van der Waals surface area contributed by atoms with Crippen LogP contribution in [-0.4, -0.2) is 53.1 Å². The Morgan fingerprint density at radius 1 is 1.36 bits per heavy atom. The van der Waals surface area contributed by atoms with Crippen molar-refractivity contribution in [2.24, 2.45) is 0 Å². The van der Waals surface area contributed by atoms with Gasteiger partial charge in [-0.3, -0.25) is 4.90 Å². The fourth-order valence-corrected chi connectivity index (χ4v) is 3.40. The molecule has 1 N–H and O–H groups in total. The molecular formula is C19H22N4O2. The Balaban J connectivity index is 1.42. The topological polar surface area (TPSA) is 59.4 Å². The van der Waals surface area contributed by atoms with Crippen molar-refractivity contribution in [1.29, 1.82) is 0 Å². The summed E-state index contributed by atoms with van der Waals surface area (Å²) in [4.78, 5) is 13.4. The molecule has 0 saturated carbocycles. The molecule has 1 aromatic heterocycles. The van der Waals surface area contributed by atoms with Crippen LogP contribution in [0.4, 0.5) is 4.79 Å². The molecule has 1 saturated heterocycles.